The summed E-state index contributed by atoms with van der Waals surface area (Å²) in [5.74, 6) is -3.89. The molecular weight excluding hydrogens is 280 g/mol. The van der Waals surface area contributed by atoms with Gasteiger partial charge in [0.25, 0.3) is 5.78 Å². The van der Waals surface area contributed by atoms with Crippen molar-refractivity contribution >= 4 is 17.4 Å². The van der Waals surface area contributed by atoms with E-state index in [1.807, 2.05) is 0 Å². The highest BCUT2D eigenvalue weighted by Gasteiger charge is 2.41. The lowest BCUT2D eigenvalue weighted by atomic mass is 10.1. The summed E-state index contributed by atoms with van der Waals surface area (Å²) in [4.78, 5) is 10.9. The topological polar surface area (TPSA) is 35.5 Å². The van der Waals surface area contributed by atoms with E-state index in [4.69, 9.17) is 16.3 Å². The fourth-order valence-corrected chi connectivity index (χ4v) is 1.31. The molecule has 0 fully saturated rings. The van der Waals surface area contributed by atoms with Gasteiger partial charge in [-0.25, -0.2) is 4.39 Å². The lowest BCUT2D eigenvalue weighted by molar-refractivity contribution is -0.0887. The molecule has 0 aliphatic carbocycles. The van der Waals surface area contributed by atoms with Gasteiger partial charge in [-0.15, -0.1) is 0 Å². The summed E-state index contributed by atoms with van der Waals surface area (Å²) in [7, 11) is 1.30. The number of ether oxygens (including phenoxy) is 2. The van der Waals surface area contributed by atoms with Crippen LogP contribution in [0.5, 0.6) is 5.75 Å². The van der Waals surface area contributed by atoms with Crippen molar-refractivity contribution in [3.8, 4) is 5.75 Å². The fourth-order valence-electron chi connectivity index (χ4n) is 1.09. The minimum atomic E-state index is -5.17. The van der Waals surface area contributed by atoms with Crippen molar-refractivity contribution in [1.82, 2.24) is 0 Å². The van der Waals surface area contributed by atoms with Crippen molar-refractivity contribution in [3.05, 3.63) is 28.5 Å². The highest BCUT2D eigenvalue weighted by atomic mass is 35.5. The van der Waals surface area contributed by atoms with Gasteiger partial charge in [0.15, 0.2) is 6.79 Å². The Kier molecular flexibility index (Phi) is 4.53. The Balaban J connectivity index is 3.11. The number of hydrogen-bond donors (Lipinski definition) is 0. The molecule has 0 heterocycles. The van der Waals surface area contributed by atoms with Gasteiger partial charge in [-0.3, -0.25) is 4.79 Å². The molecule has 1 rings (SSSR count). The second-order valence-electron chi connectivity index (χ2n) is 3.14. The third kappa shape index (κ3) is 3.33. The Morgan fingerprint density at radius 2 is 2.00 bits per heavy atom. The minimum Gasteiger partial charge on any atom is -0.466 e. The standard InChI is InChI=1S/C10H7ClF4O3/c1-17-4-18-8-3-7(12)5(2-6(8)11)9(16)10(13,14)15/h2-3H,4H2,1H3. The van der Waals surface area contributed by atoms with E-state index in [0.29, 0.717) is 12.1 Å². The molecule has 0 aliphatic heterocycles. The molecule has 18 heavy (non-hydrogen) atoms. The van der Waals surface area contributed by atoms with Gasteiger partial charge in [-0.2, -0.15) is 13.2 Å². The van der Waals surface area contributed by atoms with Gasteiger partial charge < -0.3 is 9.47 Å². The van der Waals surface area contributed by atoms with Gasteiger partial charge in [0, 0.05) is 13.2 Å². The van der Waals surface area contributed by atoms with E-state index in [2.05, 4.69) is 4.74 Å². The fraction of sp³-hybridized carbons (Fsp3) is 0.300. The molecule has 1 aromatic carbocycles. The van der Waals surface area contributed by atoms with Crippen LogP contribution >= 0.6 is 11.6 Å². The van der Waals surface area contributed by atoms with Crippen molar-refractivity contribution < 1.29 is 31.8 Å². The molecule has 0 aromatic heterocycles. The zero-order valence-electron chi connectivity index (χ0n) is 8.98. The van der Waals surface area contributed by atoms with E-state index in [-0.39, 0.29) is 17.6 Å². The first-order valence-electron chi connectivity index (χ1n) is 4.49. The van der Waals surface area contributed by atoms with Gasteiger partial charge in [0.1, 0.15) is 11.6 Å². The molecule has 0 aliphatic rings. The predicted molar refractivity (Wildman–Crippen MR) is 54.3 cm³/mol. The summed E-state index contributed by atoms with van der Waals surface area (Å²) in [6.07, 6.45) is -5.17. The molecule has 0 atom stereocenters. The number of benzene rings is 1. The average molecular weight is 287 g/mol. The van der Waals surface area contributed by atoms with E-state index in [1.165, 1.54) is 7.11 Å². The number of carbonyl (C=O) groups is 1. The molecule has 100 valence electrons. The average Bonchev–Trinajstić information content (AvgIpc) is 2.27. The van der Waals surface area contributed by atoms with Crippen LogP contribution in [0.4, 0.5) is 17.6 Å². The third-order valence-corrected chi connectivity index (χ3v) is 2.15. The highest BCUT2D eigenvalue weighted by molar-refractivity contribution is 6.32. The smallest absolute Gasteiger partial charge is 0.454 e. The second kappa shape index (κ2) is 5.53. The van der Waals surface area contributed by atoms with E-state index >= 15 is 0 Å². The second-order valence-corrected chi connectivity index (χ2v) is 3.55. The molecule has 0 spiro atoms. The third-order valence-electron chi connectivity index (χ3n) is 1.86. The molecule has 0 N–H and O–H groups in total. The number of hydrogen-bond acceptors (Lipinski definition) is 3. The summed E-state index contributed by atoms with van der Waals surface area (Å²) in [6.45, 7) is -0.258. The SMILES string of the molecule is COCOc1cc(F)c(C(=O)C(F)(F)F)cc1Cl. The van der Waals surface area contributed by atoms with E-state index in [9.17, 15) is 22.4 Å². The first kappa shape index (κ1) is 14.7. The predicted octanol–water partition coefficient (Wildman–Crippen LogP) is 3.21. The van der Waals surface area contributed by atoms with Crippen molar-refractivity contribution in [2.45, 2.75) is 6.18 Å². The maximum atomic E-state index is 13.3. The number of halogens is 5. The summed E-state index contributed by atoms with van der Waals surface area (Å²) in [5.41, 5.74) is -1.16. The van der Waals surface area contributed by atoms with Gasteiger partial charge >= 0.3 is 6.18 Å². The number of Topliss-reactive ketones (excluding diaryl/α,β-unsaturated/α-hetero) is 1. The highest BCUT2D eigenvalue weighted by Crippen LogP contribution is 2.31. The normalized spacial score (nSPS) is 11.4. The van der Waals surface area contributed by atoms with Crippen LogP contribution in [-0.4, -0.2) is 25.9 Å². The van der Waals surface area contributed by atoms with Gasteiger partial charge in [-0.1, -0.05) is 11.6 Å². The maximum absolute atomic E-state index is 13.3. The number of rotatable bonds is 4. The van der Waals surface area contributed by atoms with E-state index in [0.717, 1.165) is 0 Å². The lowest BCUT2D eigenvalue weighted by Gasteiger charge is -2.10. The summed E-state index contributed by atoms with van der Waals surface area (Å²) in [6, 6.07) is 1.16. The zero-order valence-corrected chi connectivity index (χ0v) is 9.73. The molecule has 0 amide bonds. The van der Waals surface area contributed by atoms with Gasteiger partial charge in [0.05, 0.1) is 10.6 Å². The Hall–Kier alpha value is -1.34. The number of ketones is 1. The van der Waals surface area contributed by atoms with Crippen LogP contribution in [0.15, 0.2) is 12.1 Å². The van der Waals surface area contributed by atoms with Crippen LogP contribution in [0.25, 0.3) is 0 Å². The summed E-state index contributed by atoms with van der Waals surface area (Å²) < 4.78 is 59.1. The molecule has 0 saturated heterocycles. The molecule has 0 bridgehead atoms. The van der Waals surface area contributed by atoms with Crippen LogP contribution in [0.1, 0.15) is 10.4 Å². The molecule has 3 nitrogen and oxygen atoms in total. The minimum absolute atomic E-state index is 0.213. The lowest BCUT2D eigenvalue weighted by Crippen LogP contribution is -2.23. The Labute approximate surface area is 104 Å². The Bertz CT molecular complexity index is 459. The van der Waals surface area contributed by atoms with Crippen molar-refractivity contribution in [2.24, 2.45) is 0 Å². The van der Waals surface area contributed by atoms with Crippen LogP contribution in [-0.2, 0) is 4.74 Å². The van der Waals surface area contributed by atoms with E-state index < -0.39 is 23.3 Å². The largest absolute Gasteiger partial charge is 0.466 e. The number of carbonyl (C=O) groups excluding carboxylic acids is 1. The van der Waals surface area contributed by atoms with Crippen LogP contribution in [0.2, 0.25) is 5.02 Å². The first-order valence-corrected chi connectivity index (χ1v) is 4.87. The molecule has 0 radical (unpaired) electrons. The molecule has 0 saturated carbocycles. The molecular formula is C10H7ClF4O3. The molecule has 1 aromatic rings. The van der Waals surface area contributed by atoms with Gasteiger partial charge in [-0.05, 0) is 6.07 Å². The van der Waals surface area contributed by atoms with Gasteiger partial charge in [0.2, 0.25) is 0 Å². The first-order chi connectivity index (χ1) is 8.27. The monoisotopic (exact) mass is 286 g/mol. The zero-order chi connectivity index (χ0) is 13.9. The summed E-state index contributed by atoms with van der Waals surface area (Å²) in [5, 5.41) is -0.318. The van der Waals surface area contributed by atoms with E-state index in [1.54, 1.807) is 0 Å². The van der Waals surface area contributed by atoms with Crippen molar-refractivity contribution in [1.29, 1.82) is 0 Å². The van der Waals surface area contributed by atoms with Crippen molar-refractivity contribution in [2.75, 3.05) is 13.9 Å². The van der Waals surface area contributed by atoms with Crippen LogP contribution in [0.3, 0.4) is 0 Å². The molecule has 8 heteroatoms. The van der Waals surface area contributed by atoms with Crippen LogP contribution in [0, 0.1) is 5.82 Å². The molecule has 0 unspecified atom stereocenters. The Morgan fingerprint density at radius 1 is 1.39 bits per heavy atom. The number of alkyl halides is 3. The quantitative estimate of drug-likeness (QED) is 0.484. The summed E-state index contributed by atoms with van der Waals surface area (Å²) >= 11 is 5.56. The number of methoxy groups -OCH3 is 1. The van der Waals surface area contributed by atoms with Crippen LogP contribution < -0.4 is 4.74 Å². The Morgan fingerprint density at radius 3 is 2.50 bits per heavy atom. The van der Waals surface area contributed by atoms with Crippen molar-refractivity contribution in [3.63, 3.8) is 0 Å². The maximum Gasteiger partial charge on any atom is 0.454 e.